The van der Waals surface area contributed by atoms with E-state index in [9.17, 15) is 4.79 Å². The highest BCUT2D eigenvalue weighted by molar-refractivity contribution is 9.10. The van der Waals surface area contributed by atoms with Gasteiger partial charge in [-0.2, -0.15) is 0 Å². The highest BCUT2D eigenvalue weighted by Gasteiger charge is 2.06. The summed E-state index contributed by atoms with van der Waals surface area (Å²) in [6, 6.07) is 5.35. The van der Waals surface area contributed by atoms with Crippen LogP contribution in [0.5, 0.6) is 5.75 Å². The molecule has 0 aromatic heterocycles. The van der Waals surface area contributed by atoms with Gasteiger partial charge < -0.3 is 15.2 Å². The summed E-state index contributed by atoms with van der Waals surface area (Å²) in [7, 11) is 1.58. The fourth-order valence-electron chi connectivity index (χ4n) is 1.53. The number of ether oxygens (including phenoxy) is 1. The molecule has 5 heteroatoms. The van der Waals surface area contributed by atoms with Crippen molar-refractivity contribution in [3.63, 3.8) is 0 Å². The number of halogens is 1. The fourth-order valence-corrected chi connectivity index (χ4v) is 1.91. The monoisotopic (exact) mass is 327 g/mol. The number of hydrogen-bond donors (Lipinski definition) is 2. The SMILES string of the molecule is CCC(CO)NC(=O)/C=C/c1cc(Br)ccc1OC. The van der Waals surface area contributed by atoms with Gasteiger partial charge in [0, 0.05) is 16.1 Å². The van der Waals surface area contributed by atoms with Crippen LogP contribution in [0.4, 0.5) is 0 Å². The quantitative estimate of drug-likeness (QED) is 0.788. The molecule has 0 aliphatic carbocycles. The summed E-state index contributed by atoms with van der Waals surface area (Å²) in [6.07, 6.45) is 3.81. The lowest BCUT2D eigenvalue weighted by atomic mass is 10.2. The zero-order valence-electron chi connectivity index (χ0n) is 11.0. The molecule has 0 bridgehead atoms. The molecular weight excluding hydrogens is 310 g/mol. The molecule has 0 saturated carbocycles. The molecule has 0 aliphatic rings. The van der Waals surface area contributed by atoms with E-state index in [1.165, 1.54) is 6.08 Å². The maximum absolute atomic E-state index is 11.7. The Labute approximate surface area is 121 Å². The molecule has 0 heterocycles. The maximum atomic E-state index is 11.7. The first-order chi connectivity index (χ1) is 9.10. The van der Waals surface area contributed by atoms with E-state index in [1.54, 1.807) is 13.2 Å². The van der Waals surface area contributed by atoms with Gasteiger partial charge in [-0.25, -0.2) is 0 Å². The van der Waals surface area contributed by atoms with Gasteiger partial charge in [-0.15, -0.1) is 0 Å². The zero-order chi connectivity index (χ0) is 14.3. The lowest BCUT2D eigenvalue weighted by Crippen LogP contribution is -2.35. The van der Waals surface area contributed by atoms with E-state index >= 15 is 0 Å². The Bertz CT molecular complexity index is 456. The van der Waals surface area contributed by atoms with Gasteiger partial charge in [0.15, 0.2) is 0 Å². The van der Waals surface area contributed by atoms with Crippen molar-refractivity contribution < 1.29 is 14.6 Å². The molecule has 104 valence electrons. The molecular formula is C14H18BrNO3. The highest BCUT2D eigenvalue weighted by atomic mass is 79.9. The normalized spacial score (nSPS) is 12.4. The van der Waals surface area contributed by atoms with Crippen LogP contribution in [0.3, 0.4) is 0 Å². The van der Waals surface area contributed by atoms with Gasteiger partial charge in [0.05, 0.1) is 19.8 Å². The summed E-state index contributed by atoms with van der Waals surface area (Å²) < 4.78 is 6.12. The fraction of sp³-hybridized carbons (Fsp3) is 0.357. The van der Waals surface area contributed by atoms with Gasteiger partial charge in [0.1, 0.15) is 5.75 Å². The minimum atomic E-state index is -0.233. The Hall–Kier alpha value is -1.33. The lowest BCUT2D eigenvalue weighted by molar-refractivity contribution is -0.117. The van der Waals surface area contributed by atoms with Crippen LogP contribution < -0.4 is 10.1 Å². The van der Waals surface area contributed by atoms with E-state index in [0.717, 1.165) is 10.0 Å². The van der Waals surface area contributed by atoms with Crippen molar-refractivity contribution in [3.05, 3.63) is 34.3 Å². The van der Waals surface area contributed by atoms with Gasteiger partial charge in [-0.1, -0.05) is 22.9 Å². The number of amides is 1. The third-order valence-corrected chi connectivity index (χ3v) is 3.16. The van der Waals surface area contributed by atoms with Crippen LogP contribution in [0.2, 0.25) is 0 Å². The minimum Gasteiger partial charge on any atom is -0.496 e. The predicted octanol–water partition coefficient (Wildman–Crippen LogP) is 2.36. The number of carbonyl (C=O) groups is 1. The molecule has 1 unspecified atom stereocenters. The van der Waals surface area contributed by atoms with Crippen molar-refractivity contribution in [2.75, 3.05) is 13.7 Å². The number of carbonyl (C=O) groups excluding carboxylic acids is 1. The summed E-state index contributed by atoms with van der Waals surface area (Å²) in [5, 5.41) is 11.7. The topological polar surface area (TPSA) is 58.6 Å². The van der Waals surface area contributed by atoms with Gasteiger partial charge >= 0.3 is 0 Å². The van der Waals surface area contributed by atoms with Crippen LogP contribution in [-0.2, 0) is 4.79 Å². The van der Waals surface area contributed by atoms with Crippen LogP contribution in [0, 0.1) is 0 Å². The first-order valence-electron chi connectivity index (χ1n) is 6.03. The third kappa shape index (κ3) is 5.04. The number of rotatable bonds is 6. The van der Waals surface area contributed by atoms with Gasteiger partial charge in [-0.05, 0) is 30.7 Å². The van der Waals surface area contributed by atoms with Gasteiger partial charge in [0.25, 0.3) is 0 Å². The second-order valence-electron chi connectivity index (χ2n) is 4.02. The molecule has 1 atom stereocenters. The van der Waals surface area contributed by atoms with Crippen LogP contribution >= 0.6 is 15.9 Å². The zero-order valence-corrected chi connectivity index (χ0v) is 12.6. The molecule has 0 aliphatic heterocycles. The molecule has 0 fully saturated rings. The summed E-state index contributed by atoms with van der Waals surface area (Å²) in [6.45, 7) is 1.85. The minimum absolute atomic E-state index is 0.0592. The molecule has 0 spiro atoms. The smallest absolute Gasteiger partial charge is 0.244 e. The number of hydrogen-bond acceptors (Lipinski definition) is 3. The number of nitrogens with one attached hydrogen (secondary N) is 1. The van der Waals surface area contributed by atoms with Crippen molar-refractivity contribution in [1.29, 1.82) is 0 Å². The van der Waals surface area contributed by atoms with Crippen LogP contribution in [0.15, 0.2) is 28.7 Å². The molecule has 19 heavy (non-hydrogen) atoms. The molecule has 0 saturated heterocycles. The number of benzene rings is 1. The molecule has 1 aromatic carbocycles. The number of aliphatic hydroxyl groups excluding tert-OH is 1. The average molecular weight is 328 g/mol. The van der Waals surface area contributed by atoms with Crippen LogP contribution in [0.25, 0.3) is 6.08 Å². The highest BCUT2D eigenvalue weighted by Crippen LogP contribution is 2.23. The molecule has 4 nitrogen and oxygen atoms in total. The van der Waals surface area contributed by atoms with E-state index in [-0.39, 0.29) is 18.6 Å². The third-order valence-electron chi connectivity index (χ3n) is 2.67. The van der Waals surface area contributed by atoms with Crippen LogP contribution in [-0.4, -0.2) is 30.8 Å². The van der Waals surface area contributed by atoms with Crippen molar-refractivity contribution in [2.24, 2.45) is 0 Å². The lowest BCUT2D eigenvalue weighted by Gasteiger charge is -2.12. The number of methoxy groups -OCH3 is 1. The Balaban J connectivity index is 2.75. The second kappa shape index (κ2) is 7.96. The largest absolute Gasteiger partial charge is 0.496 e. The van der Waals surface area contributed by atoms with E-state index in [0.29, 0.717) is 12.2 Å². The first kappa shape index (κ1) is 15.7. The van der Waals surface area contributed by atoms with Crippen molar-refractivity contribution in [1.82, 2.24) is 5.32 Å². The Kier molecular flexibility index (Phi) is 6.59. The Morgan fingerprint density at radius 1 is 1.58 bits per heavy atom. The second-order valence-corrected chi connectivity index (χ2v) is 4.93. The molecule has 0 radical (unpaired) electrons. The summed E-state index contributed by atoms with van der Waals surface area (Å²) >= 11 is 3.37. The van der Waals surface area contributed by atoms with Crippen LogP contribution in [0.1, 0.15) is 18.9 Å². The standard InChI is InChI=1S/C14H18BrNO3/c1-3-12(9-17)16-14(18)7-4-10-8-11(15)5-6-13(10)19-2/h4-8,12,17H,3,9H2,1-2H3,(H,16,18)/b7-4+. The van der Waals surface area contributed by atoms with Crippen molar-refractivity contribution in [2.45, 2.75) is 19.4 Å². The number of aliphatic hydroxyl groups is 1. The van der Waals surface area contributed by atoms with Crippen molar-refractivity contribution >= 4 is 27.9 Å². The Morgan fingerprint density at radius 2 is 2.32 bits per heavy atom. The summed E-state index contributed by atoms with van der Waals surface area (Å²) in [5.41, 5.74) is 0.809. The molecule has 2 N–H and O–H groups in total. The summed E-state index contributed by atoms with van der Waals surface area (Å²) in [4.78, 5) is 11.7. The summed E-state index contributed by atoms with van der Waals surface area (Å²) in [5.74, 6) is 0.462. The van der Waals surface area contributed by atoms with Gasteiger partial charge in [0.2, 0.25) is 5.91 Å². The predicted molar refractivity (Wildman–Crippen MR) is 79.0 cm³/mol. The molecule has 1 amide bonds. The van der Waals surface area contributed by atoms with E-state index in [4.69, 9.17) is 9.84 Å². The van der Waals surface area contributed by atoms with E-state index in [2.05, 4.69) is 21.2 Å². The van der Waals surface area contributed by atoms with Gasteiger partial charge in [-0.3, -0.25) is 4.79 Å². The van der Waals surface area contributed by atoms with E-state index < -0.39 is 0 Å². The maximum Gasteiger partial charge on any atom is 0.244 e. The Morgan fingerprint density at radius 3 is 2.89 bits per heavy atom. The average Bonchev–Trinajstić information content (AvgIpc) is 2.42. The molecule has 1 rings (SSSR count). The molecule has 1 aromatic rings. The van der Waals surface area contributed by atoms with Crippen molar-refractivity contribution in [3.8, 4) is 5.75 Å². The van der Waals surface area contributed by atoms with E-state index in [1.807, 2.05) is 25.1 Å². The first-order valence-corrected chi connectivity index (χ1v) is 6.83.